The van der Waals surface area contributed by atoms with Gasteiger partial charge in [-0.2, -0.15) is 0 Å². The van der Waals surface area contributed by atoms with Crippen LogP contribution in [0.15, 0.2) is 35.2 Å². The lowest BCUT2D eigenvalue weighted by Crippen LogP contribution is -2.21. The molecule has 0 spiro atoms. The summed E-state index contributed by atoms with van der Waals surface area (Å²) in [4.78, 5) is 25.6. The number of hydrogen-bond donors (Lipinski definition) is 2. The van der Waals surface area contributed by atoms with Crippen LogP contribution in [0.1, 0.15) is 48.0 Å². The molecule has 0 radical (unpaired) electrons. The predicted molar refractivity (Wildman–Crippen MR) is 96.1 cm³/mol. The van der Waals surface area contributed by atoms with Crippen LogP contribution in [-0.2, 0) is 4.79 Å². The van der Waals surface area contributed by atoms with Gasteiger partial charge in [-0.1, -0.05) is 19.1 Å². The van der Waals surface area contributed by atoms with Crippen LogP contribution in [0.5, 0.6) is 23.0 Å². The van der Waals surface area contributed by atoms with Crippen LogP contribution in [0.25, 0.3) is 0 Å². The second-order valence-electron chi connectivity index (χ2n) is 5.88. The molecule has 1 aliphatic rings. The molecule has 3 rings (SSSR count). The van der Waals surface area contributed by atoms with Crippen LogP contribution in [0.3, 0.4) is 0 Å². The van der Waals surface area contributed by atoms with Crippen molar-refractivity contribution in [1.29, 1.82) is 0 Å². The van der Waals surface area contributed by atoms with Crippen LogP contribution in [0.2, 0.25) is 0 Å². The zero-order valence-electron chi connectivity index (χ0n) is 14.3. The number of aromatic hydroxyl groups is 2. The van der Waals surface area contributed by atoms with Crippen molar-refractivity contribution in [3.05, 3.63) is 45.7 Å². The molecule has 0 saturated carbocycles. The number of carbonyl (C=O) groups excluding carboxylic acids is 2. The van der Waals surface area contributed by atoms with Gasteiger partial charge in [0.2, 0.25) is 5.75 Å². The molecule has 2 N–H and O–H groups in total. The number of ether oxygens (including phenoxy) is 2. The summed E-state index contributed by atoms with van der Waals surface area (Å²) >= 11 is 1.43. The van der Waals surface area contributed by atoms with Crippen LogP contribution >= 0.6 is 11.3 Å². The van der Waals surface area contributed by atoms with Crippen LogP contribution in [-0.4, -0.2) is 22.0 Å². The highest BCUT2D eigenvalue weighted by Gasteiger charge is 2.35. The quantitative estimate of drug-likeness (QED) is 0.475. The molecule has 1 aromatic carbocycles. The number of hydrogen-bond acceptors (Lipinski definition) is 7. The second-order valence-corrected chi connectivity index (χ2v) is 6.86. The van der Waals surface area contributed by atoms with Crippen molar-refractivity contribution in [2.24, 2.45) is 0 Å². The van der Waals surface area contributed by atoms with Gasteiger partial charge in [0.25, 0.3) is 0 Å². The molecule has 1 aromatic heterocycles. The highest BCUT2D eigenvalue weighted by Crippen LogP contribution is 2.50. The third kappa shape index (κ3) is 3.30. The van der Waals surface area contributed by atoms with Crippen LogP contribution in [0.4, 0.5) is 0 Å². The van der Waals surface area contributed by atoms with E-state index in [0.29, 0.717) is 12.0 Å². The fraction of sp³-hybridized carbons (Fsp3) is 0.263. The topological polar surface area (TPSA) is 93.1 Å². The summed E-state index contributed by atoms with van der Waals surface area (Å²) in [5, 5.41) is 22.1. The van der Waals surface area contributed by atoms with Gasteiger partial charge in [0.05, 0.1) is 6.42 Å². The van der Waals surface area contributed by atoms with E-state index < -0.39 is 23.6 Å². The van der Waals surface area contributed by atoms with E-state index in [4.69, 9.17) is 9.47 Å². The third-order valence-corrected chi connectivity index (χ3v) is 4.96. The minimum Gasteiger partial charge on any atom is -0.507 e. The SMILES string of the molecule is CCC=C(C)C(=O)Oc1c(O)cc(O)c2c1OC(c1cccs1)CC2=O. The number of phenolic OH excluding ortho intramolecular Hbond substituents is 2. The Hall–Kier alpha value is -2.80. The van der Waals surface area contributed by atoms with E-state index in [1.165, 1.54) is 11.3 Å². The maximum absolute atomic E-state index is 12.5. The van der Waals surface area contributed by atoms with Crippen LogP contribution < -0.4 is 9.47 Å². The molecule has 26 heavy (non-hydrogen) atoms. The Kier molecular flexibility index (Phi) is 4.99. The minimum atomic E-state index is -0.663. The van der Waals surface area contributed by atoms with Crippen molar-refractivity contribution in [3.8, 4) is 23.0 Å². The third-order valence-electron chi connectivity index (χ3n) is 3.99. The zero-order valence-corrected chi connectivity index (χ0v) is 15.1. The highest BCUT2D eigenvalue weighted by atomic mass is 32.1. The molecule has 0 aliphatic carbocycles. The first-order valence-corrected chi connectivity index (χ1v) is 9.01. The van der Waals surface area contributed by atoms with Gasteiger partial charge in [-0.05, 0) is 24.8 Å². The van der Waals surface area contributed by atoms with E-state index in [2.05, 4.69) is 0 Å². The first-order chi connectivity index (χ1) is 12.4. The molecule has 2 aromatic rings. The Labute approximate surface area is 154 Å². The summed E-state index contributed by atoms with van der Waals surface area (Å²) in [6.07, 6.45) is 1.82. The van der Waals surface area contributed by atoms with E-state index in [1.807, 2.05) is 24.4 Å². The van der Waals surface area contributed by atoms with Crippen molar-refractivity contribution in [2.45, 2.75) is 32.8 Å². The van der Waals surface area contributed by atoms with Crippen molar-refractivity contribution < 1.29 is 29.3 Å². The highest BCUT2D eigenvalue weighted by molar-refractivity contribution is 7.10. The molecule has 136 valence electrons. The Bertz CT molecular complexity index is 882. The molecule has 0 saturated heterocycles. The van der Waals surface area contributed by atoms with E-state index in [9.17, 15) is 19.8 Å². The van der Waals surface area contributed by atoms with Gasteiger partial charge in [-0.3, -0.25) is 4.79 Å². The molecule has 0 bridgehead atoms. The number of thiophene rings is 1. The van der Waals surface area contributed by atoms with Crippen LogP contribution in [0, 0.1) is 0 Å². The normalized spacial score (nSPS) is 16.8. The Balaban J connectivity index is 2.04. The molecular formula is C19H18O6S. The number of benzene rings is 1. The van der Waals surface area contributed by atoms with Gasteiger partial charge in [-0.25, -0.2) is 4.79 Å². The van der Waals surface area contributed by atoms with Gasteiger partial charge in [-0.15, -0.1) is 11.3 Å². The Morgan fingerprint density at radius 2 is 2.19 bits per heavy atom. The lowest BCUT2D eigenvalue weighted by atomic mass is 9.98. The summed E-state index contributed by atoms with van der Waals surface area (Å²) in [5.74, 6) is -2.27. The molecule has 2 heterocycles. The molecular weight excluding hydrogens is 356 g/mol. The number of allylic oxidation sites excluding steroid dienone is 1. The van der Waals surface area contributed by atoms with Gasteiger partial charge >= 0.3 is 5.97 Å². The van der Waals surface area contributed by atoms with E-state index >= 15 is 0 Å². The van der Waals surface area contributed by atoms with Gasteiger partial charge < -0.3 is 19.7 Å². The van der Waals surface area contributed by atoms with E-state index in [1.54, 1.807) is 13.0 Å². The maximum Gasteiger partial charge on any atom is 0.339 e. The van der Waals surface area contributed by atoms with Gasteiger partial charge in [0.1, 0.15) is 17.4 Å². The summed E-state index contributed by atoms with van der Waals surface area (Å²) in [7, 11) is 0. The predicted octanol–water partition coefficient (Wildman–Crippen LogP) is 4.13. The number of esters is 1. The standard InChI is InChI=1S/C19H18O6S/c1-3-5-10(2)19(23)25-17-13(22)8-11(20)16-12(21)9-14(24-18(16)17)15-6-4-7-26-15/h4-8,14,20,22H,3,9H2,1-2H3. The van der Waals surface area contributed by atoms with E-state index in [0.717, 1.165) is 10.9 Å². The van der Waals surface area contributed by atoms with Crippen molar-refractivity contribution >= 4 is 23.1 Å². The Morgan fingerprint density at radius 3 is 2.85 bits per heavy atom. The molecule has 1 unspecified atom stereocenters. The van der Waals surface area contributed by atoms with Crippen molar-refractivity contribution in [3.63, 3.8) is 0 Å². The number of ketones is 1. The minimum absolute atomic E-state index is 0.0496. The summed E-state index contributed by atoms with van der Waals surface area (Å²) in [6, 6.07) is 4.65. The number of fused-ring (bicyclic) bond motifs is 1. The summed E-state index contributed by atoms with van der Waals surface area (Å²) in [5.41, 5.74) is 0.279. The maximum atomic E-state index is 12.5. The number of rotatable bonds is 4. The number of Topliss-reactive ketones (excluding diaryl/α,β-unsaturated/α-hetero) is 1. The fourth-order valence-corrected chi connectivity index (χ4v) is 3.50. The molecule has 6 nitrogen and oxygen atoms in total. The first kappa shape index (κ1) is 18.0. The Morgan fingerprint density at radius 1 is 1.42 bits per heavy atom. The lowest BCUT2D eigenvalue weighted by molar-refractivity contribution is -0.130. The van der Waals surface area contributed by atoms with Crippen molar-refractivity contribution in [1.82, 2.24) is 0 Å². The fourth-order valence-electron chi connectivity index (χ4n) is 2.74. The number of carbonyl (C=O) groups is 2. The second kappa shape index (κ2) is 7.21. The molecule has 0 amide bonds. The smallest absolute Gasteiger partial charge is 0.339 e. The number of phenols is 2. The molecule has 1 aliphatic heterocycles. The zero-order chi connectivity index (χ0) is 18.8. The van der Waals surface area contributed by atoms with Crippen molar-refractivity contribution in [2.75, 3.05) is 0 Å². The van der Waals surface area contributed by atoms with Gasteiger partial charge in [0.15, 0.2) is 17.3 Å². The first-order valence-electron chi connectivity index (χ1n) is 8.13. The monoisotopic (exact) mass is 374 g/mol. The molecule has 1 atom stereocenters. The largest absolute Gasteiger partial charge is 0.507 e. The summed E-state index contributed by atoms with van der Waals surface area (Å²) < 4.78 is 11.1. The molecule has 0 fully saturated rings. The van der Waals surface area contributed by atoms with E-state index in [-0.39, 0.29) is 29.3 Å². The lowest BCUT2D eigenvalue weighted by Gasteiger charge is -2.26. The van der Waals surface area contributed by atoms with Gasteiger partial charge in [0, 0.05) is 16.5 Å². The average Bonchev–Trinajstić information content (AvgIpc) is 3.12. The average molecular weight is 374 g/mol. The summed E-state index contributed by atoms with van der Waals surface area (Å²) in [6.45, 7) is 3.47. The molecule has 7 heteroatoms.